The summed E-state index contributed by atoms with van der Waals surface area (Å²) >= 11 is 0. The van der Waals surface area contributed by atoms with Crippen LogP contribution in [0.1, 0.15) is 5.56 Å². The Kier molecular flexibility index (Phi) is 1.72. The highest BCUT2D eigenvalue weighted by Crippen LogP contribution is 2.23. The van der Waals surface area contributed by atoms with Gasteiger partial charge >= 0.3 is 0 Å². The van der Waals surface area contributed by atoms with Gasteiger partial charge in [0.05, 0.1) is 5.52 Å². The minimum absolute atomic E-state index is 1.06. The summed E-state index contributed by atoms with van der Waals surface area (Å²) in [6.07, 6.45) is 1.95. The van der Waals surface area contributed by atoms with Gasteiger partial charge < -0.3 is 0 Å². The van der Waals surface area contributed by atoms with Crippen LogP contribution < -0.4 is 0 Å². The summed E-state index contributed by atoms with van der Waals surface area (Å²) in [5, 5.41) is 3.73. The fraction of sp³-hybridized carbons (Fsp3) is 0.0714. The molecule has 0 spiro atoms. The molecule has 2 aromatic carbocycles. The predicted octanol–water partition coefficient (Wildman–Crippen LogP) is 3.70. The molecule has 1 heteroatoms. The van der Waals surface area contributed by atoms with E-state index >= 15 is 0 Å². The first-order chi connectivity index (χ1) is 7.34. The van der Waals surface area contributed by atoms with Gasteiger partial charge in [0.15, 0.2) is 0 Å². The summed E-state index contributed by atoms with van der Waals surface area (Å²) < 4.78 is 0. The molecular formula is C14H11N. The van der Waals surface area contributed by atoms with Crippen LogP contribution in [0.25, 0.3) is 21.7 Å². The van der Waals surface area contributed by atoms with Crippen LogP contribution in [-0.2, 0) is 0 Å². The molecule has 15 heavy (non-hydrogen) atoms. The number of aryl methyl sites for hydroxylation is 1. The summed E-state index contributed by atoms with van der Waals surface area (Å²) in [6, 6.07) is 14.8. The Morgan fingerprint density at radius 1 is 0.933 bits per heavy atom. The highest BCUT2D eigenvalue weighted by molar-refractivity contribution is 6.05. The highest BCUT2D eigenvalue weighted by atomic mass is 14.6. The van der Waals surface area contributed by atoms with Crippen molar-refractivity contribution in [1.29, 1.82) is 0 Å². The zero-order valence-electron chi connectivity index (χ0n) is 8.57. The largest absolute Gasteiger partial charge is 0.256 e. The molecule has 0 saturated heterocycles. The van der Waals surface area contributed by atoms with Gasteiger partial charge in [-0.3, -0.25) is 4.98 Å². The number of hydrogen-bond acceptors (Lipinski definition) is 1. The van der Waals surface area contributed by atoms with Gasteiger partial charge in [0.25, 0.3) is 0 Å². The van der Waals surface area contributed by atoms with Gasteiger partial charge in [0.2, 0.25) is 0 Å². The third-order valence-electron chi connectivity index (χ3n) is 2.74. The zero-order valence-corrected chi connectivity index (χ0v) is 8.57. The van der Waals surface area contributed by atoms with Crippen molar-refractivity contribution in [2.75, 3.05) is 0 Å². The maximum absolute atomic E-state index is 4.45. The van der Waals surface area contributed by atoms with Crippen LogP contribution in [0.15, 0.2) is 48.7 Å². The van der Waals surface area contributed by atoms with Gasteiger partial charge in [-0.2, -0.15) is 0 Å². The van der Waals surface area contributed by atoms with Gasteiger partial charge in [-0.05, 0) is 24.4 Å². The molecule has 0 aliphatic carbocycles. The smallest absolute Gasteiger partial charge is 0.0708 e. The van der Waals surface area contributed by atoms with Gasteiger partial charge in [-0.15, -0.1) is 0 Å². The molecule has 0 fully saturated rings. The second-order valence-electron chi connectivity index (χ2n) is 3.87. The molecule has 72 valence electrons. The molecule has 3 aromatic rings. The number of rotatable bonds is 0. The summed E-state index contributed by atoms with van der Waals surface area (Å²) in [7, 11) is 0. The summed E-state index contributed by atoms with van der Waals surface area (Å²) in [6.45, 7) is 2.11. The lowest BCUT2D eigenvalue weighted by atomic mass is 10.1. The van der Waals surface area contributed by atoms with E-state index < -0.39 is 0 Å². The molecule has 0 aliphatic rings. The molecule has 0 bridgehead atoms. The molecule has 0 unspecified atom stereocenters. The van der Waals surface area contributed by atoms with Gasteiger partial charge in [-0.1, -0.05) is 35.9 Å². The van der Waals surface area contributed by atoms with Crippen LogP contribution in [-0.4, -0.2) is 4.98 Å². The summed E-state index contributed by atoms with van der Waals surface area (Å²) in [5.41, 5.74) is 2.34. The number of benzene rings is 2. The molecule has 3 rings (SSSR count). The lowest BCUT2D eigenvalue weighted by Crippen LogP contribution is -1.82. The number of para-hydroxylation sites is 1. The second kappa shape index (κ2) is 3.06. The van der Waals surface area contributed by atoms with E-state index in [4.69, 9.17) is 0 Å². The molecule has 0 saturated carbocycles. The molecular weight excluding hydrogens is 182 g/mol. The van der Waals surface area contributed by atoms with E-state index in [9.17, 15) is 0 Å². The van der Waals surface area contributed by atoms with Crippen molar-refractivity contribution >= 4 is 21.7 Å². The zero-order chi connectivity index (χ0) is 10.3. The Morgan fingerprint density at radius 3 is 2.73 bits per heavy atom. The van der Waals surface area contributed by atoms with Crippen molar-refractivity contribution < 1.29 is 0 Å². The van der Waals surface area contributed by atoms with E-state index in [2.05, 4.69) is 48.3 Å². The normalized spacial score (nSPS) is 11.0. The lowest BCUT2D eigenvalue weighted by molar-refractivity contribution is 1.43. The van der Waals surface area contributed by atoms with Crippen LogP contribution in [0.4, 0.5) is 0 Å². The fourth-order valence-corrected chi connectivity index (χ4v) is 1.99. The maximum Gasteiger partial charge on any atom is 0.0708 e. The molecule has 1 nitrogen and oxygen atoms in total. The van der Waals surface area contributed by atoms with Crippen molar-refractivity contribution in [1.82, 2.24) is 4.98 Å². The van der Waals surface area contributed by atoms with E-state index in [-0.39, 0.29) is 0 Å². The second-order valence-corrected chi connectivity index (χ2v) is 3.87. The minimum atomic E-state index is 1.06. The van der Waals surface area contributed by atoms with Crippen molar-refractivity contribution in [3.05, 3.63) is 54.2 Å². The summed E-state index contributed by atoms with van der Waals surface area (Å²) in [4.78, 5) is 4.45. The van der Waals surface area contributed by atoms with E-state index in [0.29, 0.717) is 0 Å². The molecule has 0 atom stereocenters. The first-order valence-corrected chi connectivity index (χ1v) is 5.09. The van der Waals surface area contributed by atoms with Crippen LogP contribution in [0.3, 0.4) is 0 Å². The lowest BCUT2D eigenvalue weighted by Gasteiger charge is -2.03. The minimum Gasteiger partial charge on any atom is -0.256 e. The van der Waals surface area contributed by atoms with Crippen LogP contribution >= 0.6 is 0 Å². The Labute approximate surface area is 88.4 Å². The number of hydrogen-bond donors (Lipinski definition) is 0. The average Bonchev–Trinajstić information content (AvgIpc) is 2.28. The van der Waals surface area contributed by atoms with Crippen molar-refractivity contribution in [2.45, 2.75) is 6.92 Å². The monoisotopic (exact) mass is 193 g/mol. The molecule has 0 aliphatic heterocycles. The molecule has 0 radical (unpaired) electrons. The van der Waals surface area contributed by atoms with Crippen molar-refractivity contribution in [3.8, 4) is 0 Å². The van der Waals surface area contributed by atoms with Crippen LogP contribution in [0, 0.1) is 6.92 Å². The van der Waals surface area contributed by atoms with E-state index in [1.807, 2.05) is 12.3 Å². The highest BCUT2D eigenvalue weighted by Gasteiger charge is 2.00. The first kappa shape index (κ1) is 8.42. The van der Waals surface area contributed by atoms with Gasteiger partial charge in [-0.25, -0.2) is 0 Å². The quantitative estimate of drug-likeness (QED) is 0.496. The van der Waals surface area contributed by atoms with Crippen LogP contribution in [0.5, 0.6) is 0 Å². The predicted molar refractivity (Wildman–Crippen MR) is 64.0 cm³/mol. The number of aromatic nitrogens is 1. The third kappa shape index (κ3) is 1.28. The number of nitrogens with zero attached hydrogens (tertiary/aromatic N) is 1. The van der Waals surface area contributed by atoms with Crippen LogP contribution in [0.2, 0.25) is 0 Å². The van der Waals surface area contributed by atoms with E-state index in [1.54, 1.807) is 0 Å². The van der Waals surface area contributed by atoms with Crippen molar-refractivity contribution in [3.63, 3.8) is 0 Å². The number of fused-ring (bicyclic) bond motifs is 3. The molecule has 0 N–H and O–H groups in total. The first-order valence-electron chi connectivity index (χ1n) is 5.09. The summed E-state index contributed by atoms with van der Waals surface area (Å²) in [5.74, 6) is 0. The molecule has 1 heterocycles. The van der Waals surface area contributed by atoms with E-state index in [1.165, 1.54) is 21.7 Å². The number of pyridine rings is 1. The Balaban J connectivity index is 2.55. The average molecular weight is 193 g/mol. The van der Waals surface area contributed by atoms with E-state index in [0.717, 1.165) is 5.52 Å². The topological polar surface area (TPSA) is 12.9 Å². The standard InChI is InChI=1S/C14H11N/c1-10-6-7-12-11(8-10)9-15-14-5-3-2-4-13(12)14/h2-9H,1H3. The maximum atomic E-state index is 4.45. The Bertz CT molecular complexity index is 641. The van der Waals surface area contributed by atoms with Gasteiger partial charge in [0.1, 0.15) is 0 Å². The van der Waals surface area contributed by atoms with Crippen molar-refractivity contribution in [2.24, 2.45) is 0 Å². The molecule has 0 amide bonds. The molecule has 1 aromatic heterocycles. The fourth-order valence-electron chi connectivity index (χ4n) is 1.99. The Hall–Kier alpha value is -1.89. The van der Waals surface area contributed by atoms with Gasteiger partial charge in [0, 0.05) is 17.0 Å². The third-order valence-corrected chi connectivity index (χ3v) is 2.74. The Morgan fingerprint density at radius 2 is 1.80 bits per heavy atom. The SMILES string of the molecule is Cc1ccc2c(cnc3ccccc32)c1.